The van der Waals surface area contributed by atoms with Gasteiger partial charge in [-0.25, -0.2) is 0 Å². The summed E-state index contributed by atoms with van der Waals surface area (Å²) in [5, 5.41) is 6.17. The topological polar surface area (TPSA) is 6.25 Å². The van der Waals surface area contributed by atoms with Crippen molar-refractivity contribution in [3.05, 3.63) is 130 Å². The van der Waals surface area contributed by atoms with Crippen molar-refractivity contribution in [3.8, 4) is 0 Å². The van der Waals surface area contributed by atoms with E-state index in [0.29, 0.717) is 0 Å². The van der Waals surface area contributed by atoms with E-state index in [1.54, 1.807) is 0 Å². The molecule has 2 heterocycles. The van der Waals surface area contributed by atoms with Crippen molar-refractivity contribution in [2.24, 2.45) is 0 Å². The number of fused-ring (bicyclic) bond motifs is 6. The largest absolute Gasteiger partial charge is 0.344 e. The molecule has 4 aromatic rings. The lowest BCUT2D eigenvalue weighted by Crippen LogP contribution is -2.27. The van der Waals surface area contributed by atoms with E-state index in [1.165, 1.54) is 66.6 Å². The van der Waals surface area contributed by atoms with E-state index < -0.39 is 0 Å². The Hall–Kier alpha value is -3.88. The zero-order valence-corrected chi connectivity index (χ0v) is 27.6. The van der Waals surface area contributed by atoms with Crippen molar-refractivity contribution in [1.29, 1.82) is 0 Å². The normalized spacial score (nSPS) is 20.8. The first-order valence-electron chi connectivity index (χ1n) is 16.1. The number of halogens is 1. The molecule has 0 saturated carbocycles. The van der Waals surface area contributed by atoms with Gasteiger partial charge in [-0.05, 0) is 91.6 Å². The SMILES string of the molecule is CCN1/C(=C/C=C2\CCC(/C=C/C3=[N+](CC)c4c(ccc5ccccc45)C3(C)C)=C2Cl)C(C)(C)c2c1ccc1ccccc21. The molecule has 0 unspecified atom stereocenters. The maximum absolute atomic E-state index is 7.13. The zero-order valence-electron chi connectivity index (χ0n) is 26.8. The lowest BCUT2D eigenvalue weighted by molar-refractivity contribution is -0.431. The number of hydrogen-bond donors (Lipinski definition) is 0. The summed E-state index contributed by atoms with van der Waals surface area (Å²) in [7, 11) is 0. The van der Waals surface area contributed by atoms with E-state index in [9.17, 15) is 0 Å². The number of hydrogen-bond acceptors (Lipinski definition) is 1. The number of benzene rings is 4. The minimum absolute atomic E-state index is 0.0859. The van der Waals surface area contributed by atoms with Gasteiger partial charge in [0.25, 0.3) is 0 Å². The highest BCUT2D eigenvalue weighted by molar-refractivity contribution is 6.33. The minimum Gasteiger partial charge on any atom is -0.344 e. The summed E-state index contributed by atoms with van der Waals surface area (Å²) >= 11 is 7.13. The average Bonchev–Trinajstić information content (AvgIpc) is 3.57. The van der Waals surface area contributed by atoms with Crippen molar-refractivity contribution in [2.75, 3.05) is 18.0 Å². The van der Waals surface area contributed by atoms with Gasteiger partial charge in [0.05, 0.1) is 10.8 Å². The van der Waals surface area contributed by atoms with E-state index in [2.05, 4.69) is 148 Å². The molecule has 0 amide bonds. The first-order valence-corrected chi connectivity index (χ1v) is 16.5. The molecule has 3 aliphatic rings. The summed E-state index contributed by atoms with van der Waals surface area (Å²) < 4.78 is 2.50. The second kappa shape index (κ2) is 10.6. The Kier molecular flexibility index (Phi) is 6.98. The Morgan fingerprint density at radius 3 is 2.18 bits per heavy atom. The van der Waals surface area contributed by atoms with Crippen LogP contribution in [0.25, 0.3) is 21.5 Å². The smallest absolute Gasteiger partial charge is 0.217 e. The molecule has 3 heteroatoms. The maximum Gasteiger partial charge on any atom is 0.217 e. The summed E-state index contributed by atoms with van der Waals surface area (Å²) in [5.41, 5.74) is 10.4. The summed E-state index contributed by atoms with van der Waals surface area (Å²) in [6, 6.07) is 26.7. The van der Waals surface area contributed by atoms with Crippen LogP contribution in [-0.2, 0) is 10.8 Å². The third-order valence-electron chi connectivity index (χ3n) is 10.3. The van der Waals surface area contributed by atoms with Crippen molar-refractivity contribution >= 4 is 50.2 Å². The molecule has 0 N–H and O–H groups in total. The zero-order chi connectivity index (χ0) is 30.8. The van der Waals surface area contributed by atoms with Gasteiger partial charge in [-0.2, -0.15) is 4.58 Å². The summed E-state index contributed by atoms with van der Waals surface area (Å²) in [6.07, 6.45) is 11.2. The van der Waals surface area contributed by atoms with Gasteiger partial charge in [0.15, 0.2) is 5.71 Å². The van der Waals surface area contributed by atoms with Crippen LogP contribution in [0.2, 0.25) is 0 Å². The van der Waals surface area contributed by atoms with Gasteiger partial charge < -0.3 is 4.90 Å². The Labute approximate surface area is 267 Å². The van der Waals surface area contributed by atoms with Gasteiger partial charge >= 0.3 is 0 Å². The molecule has 0 spiro atoms. The standard InChI is InChI=1S/C41H42ClN2/c1-7-43-34-24-20-27-13-9-11-15-31(27)37(34)41(5,6)36(43)26-22-30-18-17-29(38(30)42)21-25-35-40(3,4)33-23-19-28-14-10-12-16-32(28)39(33)44(35)8-2/h9-16,19-26H,7-8,17-18H2,1-6H3/q+1. The molecular weight excluding hydrogens is 556 g/mol. The fourth-order valence-corrected chi connectivity index (χ4v) is 8.33. The quantitative estimate of drug-likeness (QED) is 0.207. The van der Waals surface area contributed by atoms with Crippen LogP contribution >= 0.6 is 11.6 Å². The Balaban J connectivity index is 1.24. The number of nitrogens with zero attached hydrogens (tertiary/aromatic N) is 2. The fraction of sp³-hybridized carbons (Fsp3) is 0.293. The summed E-state index contributed by atoms with van der Waals surface area (Å²) in [6.45, 7) is 15.8. The van der Waals surface area contributed by atoms with E-state index >= 15 is 0 Å². The second-order valence-electron chi connectivity index (χ2n) is 13.4. The van der Waals surface area contributed by atoms with Crippen LogP contribution < -0.4 is 4.90 Å². The van der Waals surface area contributed by atoms with Crippen LogP contribution in [0.3, 0.4) is 0 Å². The number of rotatable bonds is 5. The van der Waals surface area contributed by atoms with Crippen LogP contribution in [0.5, 0.6) is 0 Å². The molecule has 0 fully saturated rings. The molecule has 7 rings (SSSR count). The molecule has 2 aliphatic heterocycles. The third kappa shape index (κ3) is 4.25. The molecule has 1 aliphatic carbocycles. The molecule has 222 valence electrons. The predicted molar refractivity (Wildman–Crippen MR) is 190 cm³/mol. The van der Waals surface area contributed by atoms with Crippen molar-refractivity contribution in [1.82, 2.24) is 0 Å². The highest BCUT2D eigenvalue weighted by Crippen LogP contribution is 2.51. The molecule has 0 saturated heterocycles. The average molecular weight is 598 g/mol. The second-order valence-corrected chi connectivity index (χ2v) is 13.8. The van der Waals surface area contributed by atoms with Crippen molar-refractivity contribution in [2.45, 2.75) is 65.2 Å². The van der Waals surface area contributed by atoms with Crippen LogP contribution in [0.4, 0.5) is 11.4 Å². The monoisotopic (exact) mass is 597 g/mol. The van der Waals surface area contributed by atoms with Gasteiger partial charge in [-0.15, -0.1) is 0 Å². The van der Waals surface area contributed by atoms with Crippen molar-refractivity contribution in [3.63, 3.8) is 0 Å². The number of anilines is 1. The van der Waals surface area contributed by atoms with E-state index in [-0.39, 0.29) is 10.8 Å². The molecule has 4 aromatic carbocycles. The van der Waals surface area contributed by atoms with Crippen LogP contribution in [0.1, 0.15) is 65.5 Å². The van der Waals surface area contributed by atoms with Gasteiger partial charge in [0.2, 0.25) is 5.69 Å². The molecular formula is C41H42ClN2+. The molecule has 0 atom stereocenters. The molecule has 0 bridgehead atoms. The highest BCUT2D eigenvalue weighted by atomic mass is 35.5. The fourth-order valence-electron chi connectivity index (χ4n) is 8.02. The number of allylic oxidation sites excluding steroid dienone is 8. The van der Waals surface area contributed by atoms with Crippen molar-refractivity contribution < 1.29 is 4.58 Å². The van der Waals surface area contributed by atoms with Gasteiger partial charge in [-0.3, -0.25) is 0 Å². The van der Waals surface area contributed by atoms with Gasteiger partial charge in [0, 0.05) is 40.0 Å². The Morgan fingerprint density at radius 2 is 1.45 bits per heavy atom. The maximum atomic E-state index is 7.13. The first kappa shape index (κ1) is 28.9. The molecule has 0 aromatic heterocycles. The van der Waals surface area contributed by atoms with E-state index in [1.807, 2.05) is 0 Å². The van der Waals surface area contributed by atoms with E-state index in [0.717, 1.165) is 31.0 Å². The van der Waals surface area contributed by atoms with Crippen LogP contribution in [0, 0.1) is 0 Å². The third-order valence-corrected chi connectivity index (χ3v) is 10.8. The van der Waals surface area contributed by atoms with Crippen LogP contribution in [0.15, 0.2) is 119 Å². The first-order chi connectivity index (χ1) is 21.2. The molecule has 44 heavy (non-hydrogen) atoms. The lowest BCUT2D eigenvalue weighted by Gasteiger charge is -2.26. The predicted octanol–water partition coefficient (Wildman–Crippen LogP) is 10.9. The summed E-state index contributed by atoms with van der Waals surface area (Å²) in [4.78, 5) is 2.48. The van der Waals surface area contributed by atoms with Gasteiger partial charge in [-0.1, -0.05) is 98.3 Å². The molecule has 0 radical (unpaired) electrons. The number of likely N-dealkylation sites (N-methyl/N-ethyl adjacent to an activating group) is 1. The summed E-state index contributed by atoms with van der Waals surface area (Å²) in [5.74, 6) is 0. The van der Waals surface area contributed by atoms with E-state index in [4.69, 9.17) is 11.6 Å². The minimum atomic E-state index is -0.103. The molecule has 2 nitrogen and oxygen atoms in total. The Morgan fingerprint density at radius 1 is 0.773 bits per heavy atom. The Bertz CT molecular complexity index is 2000. The van der Waals surface area contributed by atoms with Gasteiger partial charge in [0.1, 0.15) is 6.54 Å². The lowest BCUT2D eigenvalue weighted by atomic mass is 9.80. The van der Waals surface area contributed by atoms with Crippen LogP contribution in [-0.4, -0.2) is 23.4 Å². The highest BCUT2D eigenvalue weighted by Gasteiger charge is 2.45.